The van der Waals surface area contributed by atoms with Crippen LogP contribution in [0.5, 0.6) is 0 Å². The van der Waals surface area contributed by atoms with Crippen molar-refractivity contribution >= 4 is 0 Å². The summed E-state index contributed by atoms with van der Waals surface area (Å²) in [4.78, 5) is 4.90. The van der Waals surface area contributed by atoms with E-state index >= 15 is 0 Å². The Hall–Kier alpha value is -1.66. The first kappa shape index (κ1) is 18.1. The molecular weight excluding hydrogens is 316 g/mol. The number of hydrogen-bond acceptors (Lipinski definition) is 5. The molecule has 1 aliphatic heterocycles. The number of nitrogens with zero attached hydrogens (tertiary/aromatic N) is 2. The van der Waals surface area contributed by atoms with Crippen molar-refractivity contribution in [3.05, 3.63) is 59.5 Å². The second-order valence-electron chi connectivity index (χ2n) is 6.66. The normalized spacial score (nSPS) is 19.4. The summed E-state index contributed by atoms with van der Waals surface area (Å²) in [6.07, 6.45) is 0.802. The van der Waals surface area contributed by atoms with E-state index in [1.165, 1.54) is 5.56 Å². The number of ether oxygens (including phenoxy) is 1. The lowest BCUT2D eigenvalue weighted by Gasteiger charge is -2.41. The van der Waals surface area contributed by atoms with Crippen LogP contribution in [0.2, 0.25) is 0 Å². The molecule has 136 valence electrons. The molecule has 5 heteroatoms. The Labute approximate surface area is 149 Å². The Morgan fingerprint density at radius 2 is 1.88 bits per heavy atom. The molecule has 3 rings (SSSR count). The van der Waals surface area contributed by atoms with Gasteiger partial charge >= 0.3 is 0 Å². The summed E-state index contributed by atoms with van der Waals surface area (Å²) in [5.74, 6) is 1.85. The number of benzene rings is 1. The lowest BCUT2D eigenvalue weighted by atomic mass is 10.1. The second-order valence-corrected chi connectivity index (χ2v) is 6.66. The van der Waals surface area contributed by atoms with Crippen molar-refractivity contribution in [3.63, 3.8) is 0 Å². The molecule has 1 aromatic carbocycles. The molecule has 25 heavy (non-hydrogen) atoms. The molecule has 1 atom stereocenters. The standard InChI is InChI=1S/C20H28N2O3/c1-24-16-20-8-7-19(25-20)15-21-10-11-22(18(14-21)9-12-23)13-17-5-3-2-4-6-17/h2-8,18,23H,9-16H2,1H3. The highest BCUT2D eigenvalue weighted by Gasteiger charge is 2.27. The molecule has 0 aliphatic carbocycles. The first-order chi connectivity index (χ1) is 12.3. The average Bonchev–Trinajstić information content (AvgIpc) is 3.06. The fraction of sp³-hybridized carbons (Fsp3) is 0.500. The van der Waals surface area contributed by atoms with E-state index < -0.39 is 0 Å². The maximum Gasteiger partial charge on any atom is 0.129 e. The Morgan fingerprint density at radius 1 is 1.08 bits per heavy atom. The van der Waals surface area contributed by atoms with Gasteiger partial charge in [-0.1, -0.05) is 30.3 Å². The minimum atomic E-state index is 0.225. The smallest absolute Gasteiger partial charge is 0.129 e. The average molecular weight is 344 g/mol. The van der Waals surface area contributed by atoms with E-state index in [2.05, 4.69) is 34.1 Å². The largest absolute Gasteiger partial charge is 0.462 e. The maximum absolute atomic E-state index is 9.46. The predicted octanol–water partition coefficient (Wildman–Crippen LogP) is 2.49. The number of piperazine rings is 1. The van der Waals surface area contributed by atoms with E-state index in [0.717, 1.165) is 50.7 Å². The minimum absolute atomic E-state index is 0.225. The SMILES string of the molecule is COCc1ccc(CN2CCN(Cc3ccccc3)C(CCO)C2)o1. The molecule has 1 aromatic heterocycles. The summed E-state index contributed by atoms with van der Waals surface area (Å²) in [6.45, 7) is 5.46. The summed E-state index contributed by atoms with van der Waals surface area (Å²) in [5, 5.41) is 9.46. The zero-order valence-electron chi connectivity index (χ0n) is 14.9. The third-order valence-corrected chi connectivity index (χ3v) is 4.76. The first-order valence-electron chi connectivity index (χ1n) is 8.96. The zero-order valence-corrected chi connectivity index (χ0v) is 14.9. The number of aliphatic hydroxyl groups is 1. The van der Waals surface area contributed by atoms with E-state index in [1.54, 1.807) is 7.11 Å². The molecule has 1 saturated heterocycles. The van der Waals surface area contributed by atoms with Crippen molar-refractivity contribution in [1.82, 2.24) is 9.80 Å². The van der Waals surface area contributed by atoms with Crippen LogP contribution in [-0.2, 0) is 24.4 Å². The molecule has 0 radical (unpaired) electrons. The van der Waals surface area contributed by atoms with Gasteiger partial charge in [-0.25, -0.2) is 0 Å². The predicted molar refractivity (Wildman–Crippen MR) is 97.0 cm³/mol. The van der Waals surface area contributed by atoms with Gasteiger partial charge in [0, 0.05) is 45.9 Å². The molecular formula is C20H28N2O3. The van der Waals surface area contributed by atoms with E-state index in [9.17, 15) is 5.11 Å². The fourth-order valence-electron chi connectivity index (χ4n) is 3.50. The van der Waals surface area contributed by atoms with Crippen LogP contribution in [0.15, 0.2) is 46.9 Å². The van der Waals surface area contributed by atoms with Gasteiger partial charge in [-0.2, -0.15) is 0 Å². The maximum atomic E-state index is 9.46. The Kier molecular flexibility index (Phi) is 6.64. The van der Waals surface area contributed by atoms with E-state index in [-0.39, 0.29) is 6.61 Å². The van der Waals surface area contributed by atoms with Crippen molar-refractivity contribution < 1.29 is 14.3 Å². The fourth-order valence-corrected chi connectivity index (χ4v) is 3.50. The monoisotopic (exact) mass is 344 g/mol. The molecule has 2 heterocycles. The summed E-state index contributed by atoms with van der Waals surface area (Å²) < 4.78 is 10.9. The van der Waals surface area contributed by atoms with E-state index in [4.69, 9.17) is 9.15 Å². The van der Waals surface area contributed by atoms with Crippen LogP contribution in [0.25, 0.3) is 0 Å². The molecule has 2 aromatic rings. The summed E-state index contributed by atoms with van der Waals surface area (Å²) >= 11 is 0. The van der Waals surface area contributed by atoms with Gasteiger partial charge in [-0.15, -0.1) is 0 Å². The summed E-state index contributed by atoms with van der Waals surface area (Å²) in [7, 11) is 1.67. The Balaban J connectivity index is 1.58. The van der Waals surface area contributed by atoms with Gasteiger partial charge in [0.25, 0.3) is 0 Å². The highest BCUT2D eigenvalue weighted by molar-refractivity contribution is 5.15. The van der Waals surface area contributed by atoms with Crippen molar-refractivity contribution in [1.29, 1.82) is 0 Å². The number of rotatable bonds is 8. The minimum Gasteiger partial charge on any atom is -0.462 e. The summed E-state index contributed by atoms with van der Waals surface area (Å²) in [6, 6.07) is 14.9. The lowest BCUT2D eigenvalue weighted by Crippen LogP contribution is -2.52. The van der Waals surface area contributed by atoms with Gasteiger partial charge in [0.05, 0.1) is 6.54 Å². The quantitative estimate of drug-likeness (QED) is 0.797. The molecule has 1 fully saturated rings. The van der Waals surface area contributed by atoms with E-state index in [1.807, 2.05) is 18.2 Å². The molecule has 1 N–H and O–H groups in total. The molecule has 0 amide bonds. The highest BCUT2D eigenvalue weighted by atomic mass is 16.5. The third-order valence-electron chi connectivity index (χ3n) is 4.76. The van der Waals surface area contributed by atoms with Crippen LogP contribution in [0.4, 0.5) is 0 Å². The van der Waals surface area contributed by atoms with Crippen molar-refractivity contribution in [3.8, 4) is 0 Å². The first-order valence-corrected chi connectivity index (χ1v) is 8.96. The number of furan rings is 1. The molecule has 0 bridgehead atoms. The van der Waals surface area contributed by atoms with Crippen LogP contribution in [-0.4, -0.2) is 54.3 Å². The zero-order chi connectivity index (χ0) is 17.5. The van der Waals surface area contributed by atoms with Gasteiger partial charge in [-0.05, 0) is 24.1 Å². The van der Waals surface area contributed by atoms with Crippen molar-refractivity contribution in [2.24, 2.45) is 0 Å². The number of hydrogen-bond donors (Lipinski definition) is 1. The topological polar surface area (TPSA) is 49.1 Å². The lowest BCUT2D eigenvalue weighted by molar-refractivity contribution is 0.0462. The number of aliphatic hydroxyl groups excluding tert-OH is 1. The molecule has 1 unspecified atom stereocenters. The van der Waals surface area contributed by atoms with Crippen LogP contribution in [0, 0.1) is 0 Å². The van der Waals surface area contributed by atoms with Crippen LogP contribution in [0.1, 0.15) is 23.5 Å². The highest BCUT2D eigenvalue weighted by Crippen LogP contribution is 2.19. The van der Waals surface area contributed by atoms with Crippen LogP contribution in [0.3, 0.4) is 0 Å². The Morgan fingerprint density at radius 3 is 2.64 bits per heavy atom. The Bertz CT molecular complexity index is 629. The second kappa shape index (κ2) is 9.15. The molecule has 0 saturated carbocycles. The van der Waals surface area contributed by atoms with Gasteiger partial charge < -0.3 is 14.3 Å². The third kappa shape index (κ3) is 5.16. The molecule has 1 aliphatic rings. The van der Waals surface area contributed by atoms with Gasteiger partial charge in [0.1, 0.15) is 18.1 Å². The van der Waals surface area contributed by atoms with Crippen LogP contribution < -0.4 is 0 Å². The molecule has 0 spiro atoms. The van der Waals surface area contributed by atoms with Gasteiger partial charge in [-0.3, -0.25) is 9.80 Å². The van der Waals surface area contributed by atoms with E-state index in [0.29, 0.717) is 12.6 Å². The van der Waals surface area contributed by atoms with Gasteiger partial charge in [0.15, 0.2) is 0 Å². The van der Waals surface area contributed by atoms with Crippen molar-refractivity contribution in [2.75, 3.05) is 33.4 Å². The summed E-state index contributed by atoms with van der Waals surface area (Å²) in [5.41, 5.74) is 1.33. The molecule has 5 nitrogen and oxygen atoms in total. The number of methoxy groups -OCH3 is 1. The van der Waals surface area contributed by atoms with Gasteiger partial charge in [0.2, 0.25) is 0 Å². The van der Waals surface area contributed by atoms with Crippen molar-refractivity contribution in [2.45, 2.75) is 32.2 Å². The van der Waals surface area contributed by atoms with Crippen LogP contribution >= 0.6 is 0 Å².